The molecule has 5 heteroatoms. The van der Waals surface area contributed by atoms with Gasteiger partial charge in [0.25, 0.3) is 0 Å². The van der Waals surface area contributed by atoms with Crippen molar-refractivity contribution in [3.8, 4) is 0 Å². The van der Waals surface area contributed by atoms with E-state index in [2.05, 4.69) is 5.10 Å². The maximum atomic E-state index is 12.3. The Labute approximate surface area is 87.1 Å². The van der Waals surface area contributed by atoms with E-state index in [1.807, 2.05) is 20.8 Å². The highest BCUT2D eigenvalue weighted by Crippen LogP contribution is 2.25. The maximum absolute atomic E-state index is 12.3. The van der Waals surface area contributed by atoms with Crippen LogP contribution in [0.3, 0.4) is 0 Å². The highest BCUT2D eigenvalue weighted by Gasteiger charge is 2.29. The van der Waals surface area contributed by atoms with E-state index in [4.69, 9.17) is 0 Å². The number of carbonyl (C=O) groups excluding carboxylic acids is 1. The number of Topliss-reactive ketones (excluding diaryl/α,β-unsaturated/α-hetero) is 1. The second-order valence-corrected chi connectivity index (χ2v) is 4.48. The highest BCUT2D eigenvalue weighted by molar-refractivity contribution is 5.99. The van der Waals surface area contributed by atoms with Crippen LogP contribution < -0.4 is 0 Å². The second kappa shape index (κ2) is 3.72. The average molecular weight is 216 g/mol. The van der Waals surface area contributed by atoms with E-state index in [1.54, 1.807) is 7.05 Å². The molecule has 84 valence electrons. The van der Waals surface area contributed by atoms with Crippen LogP contribution in [0.2, 0.25) is 0 Å². The summed E-state index contributed by atoms with van der Waals surface area (Å²) in [6.45, 7) is 5.49. The summed E-state index contributed by atoms with van der Waals surface area (Å²) in [5.74, 6) is -1.16. The zero-order valence-corrected chi connectivity index (χ0v) is 9.21. The summed E-state index contributed by atoms with van der Waals surface area (Å²) in [5, 5.41) is 4.05. The van der Waals surface area contributed by atoms with Crippen molar-refractivity contribution >= 4 is 5.78 Å². The van der Waals surface area contributed by atoms with Gasteiger partial charge in [0.1, 0.15) is 0 Å². The van der Waals surface area contributed by atoms with E-state index < -0.39 is 17.6 Å². The molecule has 0 fully saturated rings. The number of hydrogen-bond donors (Lipinski definition) is 0. The molecule has 1 aromatic heterocycles. The standard InChI is InChI=1S/C10H14F2N2O/c1-10(2,3)8-6(5-14(4)13-8)7(15)9(11)12/h5,9H,1-4H3. The van der Waals surface area contributed by atoms with Crippen LogP contribution in [0.5, 0.6) is 0 Å². The van der Waals surface area contributed by atoms with Crippen molar-refractivity contribution < 1.29 is 13.6 Å². The van der Waals surface area contributed by atoms with Gasteiger partial charge < -0.3 is 0 Å². The highest BCUT2D eigenvalue weighted by atomic mass is 19.3. The van der Waals surface area contributed by atoms with Crippen LogP contribution in [-0.2, 0) is 12.5 Å². The molecule has 0 saturated heterocycles. The lowest BCUT2D eigenvalue weighted by atomic mass is 9.88. The number of rotatable bonds is 2. The summed E-state index contributed by atoms with van der Waals surface area (Å²) in [7, 11) is 1.61. The molecule has 0 amide bonds. The van der Waals surface area contributed by atoms with Crippen LogP contribution in [0.25, 0.3) is 0 Å². The SMILES string of the molecule is Cn1cc(C(=O)C(F)F)c(C(C)(C)C)n1. The molecule has 0 saturated carbocycles. The predicted octanol–water partition coefficient (Wildman–Crippen LogP) is 2.17. The third kappa shape index (κ3) is 2.40. The third-order valence-corrected chi connectivity index (χ3v) is 2.00. The van der Waals surface area contributed by atoms with Crippen molar-refractivity contribution in [1.29, 1.82) is 0 Å². The number of ketones is 1. The number of nitrogens with zero attached hydrogens (tertiary/aromatic N) is 2. The summed E-state index contributed by atoms with van der Waals surface area (Å²) < 4.78 is 26.0. The fraction of sp³-hybridized carbons (Fsp3) is 0.600. The Morgan fingerprint density at radius 1 is 1.47 bits per heavy atom. The number of aromatic nitrogens is 2. The van der Waals surface area contributed by atoms with Gasteiger partial charge in [-0.1, -0.05) is 20.8 Å². The lowest BCUT2D eigenvalue weighted by Crippen LogP contribution is -2.19. The van der Waals surface area contributed by atoms with Gasteiger partial charge in [0.05, 0.1) is 11.3 Å². The quantitative estimate of drug-likeness (QED) is 0.710. The molecular formula is C10H14F2N2O. The summed E-state index contributed by atoms with van der Waals surface area (Å²) in [6.07, 6.45) is -1.63. The number of hydrogen-bond acceptors (Lipinski definition) is 2. The molecule has 1 rings (SSSR count). The van der Waals surface area contributed by atoms with Gasteiger partial charge in [-0.2, -0.15) is 5.10 Å². The molecule has 1 aromatic rings. The predicted molar refractivity (Wildman–Crippen MR) is 52.2 cm³/mol. The number of halogens is 2. The molecule has 0 radical (unpaired) electrons. The average Bonchev–Trinajstić information content (AvgIpc) is 2.44. The monoisotopic (exact) mass is 216 g/mol. The van der Waals surface area contributed by atoms with Gasteiger partial charge in [0.2, 0.25) is 5.78 Å². The molecule has 0 atom stereocenters. The van der Waals surface area contributed by atoms with E-state index in [9.17, 15) is 13.6 Å². The Balaban J connectivity index is 3.24. The summed E-state index contributed by atoms with van der Waals surface area (Å²) in [4.78, 5) is 11.2. The van der Waals surface area contributed by atoms with E-state index in [0.717, 1.165) is 0 Å². The zero-order chi connectivity index (χ0) is 11.8. The van der Waals surface area contributed by atoms with Gasteiger partial charge >= 0.3 is 6.43 Å². The summed E-state index contributed by atoms with van der Waals surface area (Å²) >= 11 is 0. The Morgan fingerprint density at radius 2 is 2.00 bits per heavy atom. The molecule has 15 heavy (non-hydrogen) atoms. The summed E-state index contributed by atoms with van der Waals surface area (Å²) in [6, 6.07) is 0. The minimum Gasteiger partial charge on any atom is -0.288 e. The molecule has 0 aromatic carbocycles. The van der Waals surface area contributed by atoms with Gasteiger partial charge in [-0.3, -0.25) is 9.48 Å². The minimum atomic E-state index is -2.98. The molecule has 3 nitrogen and oxygen atoms in total. The molecule has 1 heterocycles. The van der Waals surface area contributed by atoms with E-state index in [1.165, 1.54) is 10.9 Å². The van der Waals surface area contributed by atoms with Crippen molar-refractivity contribution in [2.24, 2.45) is 7.05 Å². The molecule has 0 spiro atoms. The normalized spacial score (nSPS) is 12.2. The first-order valence-electron chi connectivity index (χ1n) is 4.60. The Kier molecular flexibility index (Phi) is 2.93. The molecule has 0 bridgehead atoms. The van der Waals surface area contributed by atoms with Crippen LogP contribution in [0, 0.1) is 0 Å². The minimum absolute atomic E-state index is 0.0139. The molecule has 0 N–H and O–H groups in total. The van der Waals surface area contributed by atoms with Gasteiger partial charge in [-0.15, -0.1) is 0 Å². The van der Waals surface area contributed by atoms with Crippen molar-refractivity contribution in [3.63, 3.8) is 0 Å². The van der Waals surface area contributed by atoms with Gasteiger partial charge in [0.15, 0.2) is 0 Å². The zero-order valence-electron chi connectivity index (χ0n) is 9.21. The Hall–Kier alpha value is -1.26. The van der Waals surface area contributed by atoms with Gasteiger partial charge in [-0.05, 0) is 0 Å². The lowest BCUT2D eigenvalue weighted by molar-refractivity contribution is 0.0676. The largest absolute Gasteiger partial charge is 0.300 e. The van der Waals surface area contributed by atoms with Crippen molar-refractivity contribution in [3.05, 3.63) is 17.5 Å². The number of carbonyl (C=O) groups is 1. The number of aryl methyl sites for hydroxylation is 1. The van der Waals surface area contributed by atoms with Gasteiger partial charge in [0, 0.05) is 18.7 Å². The Bertz CT molecular complexity index is 377. The Morgan fingerprint density at radius 3 is 2.40 bits per heavy atom. The van der Waals surface area contributed by atoms with Crippen LogP contribution in [-0.4, -0.2) is 22.0 Å². The molecule has 0 aliphatic carbocycles. The maximum Gasteiger partial charge on any atom is 0.300 e. The van der Waals surface area contributed by atoms with Crippen LogP contribution in [0.4, 0.5) is 8.78 Å². The lowest BCUT2D eigenvalue weighted by Gasteiger charge is -2.16. The first kappa shape index (κ1) is 11.8. The fourth-order valence-corrected chi connectivity index (χ4v) is 1.34. The second-order valence-electron chi connectivity index (χ2n) is 4.48. The van der Waals surface area contributed by atoms with Crippen LogP contribution in [0.15, 0.2) is 6.20 Å². The van der Waals surface area contributed by atoms with Gasteiger partial charge in [-0.25, -0.2) is 8.78 Å². The molecular weight excluding hydrogens is 202 g/mol. The summed E-state index contributed by atoms with van der Waals surface area (Å²) in [5.41, 5.74) is 0.0107. The van der Waals surface area contributed by atoms with Crippen molar-refractivity contribution in [2.45, 2.75) is 32.6 Å². The van der Waals surface area contributed by atoms with Crippen molar-refractivity contribution in [1.82, 2.24) is 9.78 Å². The van der Waals surface area contributed by atoms with Crippen LogP contribution >= 0.6 is 0 Å². The first-order valence-corrected chi connectivity index (χ1v) is 4.60. The molecule has 0 aliphatic rings. The van der Waals surface area contributed by atoms with E-state index in [0.29, 0.717) is 5.69 Å². The van der Waals surface area contributed by atoms with E-state index in [-0.39, 0.29) is 5.56 Å². The first-order chi connectivity index (χ1) is 6.73. The third-order valence-electron chi connectivity index (χ3n) is 2.00. The van der Waals surface area contributed by atoms with E-state index >= 15 is 0 Å². The van der Waals surface area contributed by atoms with Crippen LogP contribution in [0.1, 0.15) is 36.8 Å². The smallest absolute Gasteiger partial charge is 0.288 e. The topological polar surface area (TPSA) is 34.9 Å². The number of alkyl halides is 2. The fourth-order valence-electron chi connectivity index (χ4n) is 1.34. The molecule has 0 unspecified atom stereocenters. The molecule has 0 aliphatic heterocycles. The van der Waals surface area contributed by atoms with Crippen molar-refractivity contribution in [2.75, 3.05) is 0 Å².